The Morgan fingerprint density at radius 2 is 2.00 bits per heavy atom. The third-order valence-corrected chi connectivity index (χ3v) is 4.85. The van der Waals surface area contributed by atoms with Crippen molar-refractivity contribution < 1.29 is 4.79 Å². The van der Waals surface area contributed by atoms with E-state index in [1.54, 1.807) is 19.3 Å². The molecule has 2 atom stereocenters. The molecule has 2 aliphatic heterocycles. The van der Waals surface area contributed by atoms with Gasteiger partial charge in [0.1, 0.15) is 11.5 Å². The van der Waals surface area contributed by atoms with Gasteiger partial charge in [0.25, 0.3) is 5.91 Å². The van der Waals surface area contributed by atoms with Gasteiger partial charge >= 0.3 is 0 Å². The predicted molar refractivity (Wildman–Crippen MR) is 99.8 cm³/mol. The van der Waals surface area contributed by atoms with Crippen molar-refractivity contribution in [1.82, 2.24) is 25.6 Å². The number of rotatable bonds is 4. The topological polar surface area (TPSA) is 95.1 Å². The molecule has 8 nitrogen and oxygen atoms in total. The minimum Gasteiger partial charge on any atom is -0.354 e. The van der Waals surface area contributed by atoms with E-state index in [1.165, 1.54) is 12.8 Å². The largest absolute Gasteiger partial charge is 0.354 e. The molecule has 4 heterocycles. The number of aryl methyl sites for hydroxylation is 1. The van der Waals surface area contributed by atoms with Crippen molar-refractivity contribution in [1.29, 1.82) is 0 Å². The quantitative estimate of drug-likeness (QED) is 0.761. The smallest absolute Gasteiger partial charge is 0.269 e. The highest BCUT2D eigenvalue weighted by Gasteiger charge is 2.32. The van der Waals surface area contributed by atoms with Crippen LogP contribution in [0.3, 0.4) is 0 Å². The summed E-state index contributed by atoms with van der Waals surface area (Å²) < 4.78 is 0. The normalized spacial score (nSPS) is 21.5. The first-order valence-corrected chi connectivity index (χ1v) is 8.92. The van der Waals surface area contributed by atoms with Crippen molar-refractivity contribution in [2.24, 2.45) is 0 Å². The number of fused-ring (bicyclic) bond motifs is 2. The Balaban J connectivity index is 1.54. The van der Waals surface area contributed by atoms with Gasteiger partial charge in [-0.2, -0.15) is 4.98 Å². The van der Waals surface area contributed by atoms with Gasteiger partial charge in [-0.25, -0.2) is 9.97 Å². The number of anilines is 3. The molecule has 8 heteroatoms. The first-order chi connectivity index (χ1) is 12.6. The Labute approximate surface area is 152 Å². The number of carbonyl (C=O) groups excluding carboxylic acids is 1. The summed E-state index contributed by atoms with van der Waals surface area (Å²) in [5, 5.41) is 9.42. The summed E-state index contributed by atoms with van der Waals surface area (Å²) in [6, 6.07) is 6.63. The van der Waals surface area contributed by atoms with E-state index in [2.05, 4.69) is 35.8 Å². The highest BCUT2D eigenvalue weighted by atomic mass is 16.1. The lowest BCUT2D eigenvalue weighted by Gasteiger charge is -2.33. The van der Waals surface area contributed by atoms with E-state index in [0.29, 0.717) is 23.7 Å². The van der Waals surface area contributed by atoms with Crippen LogP contribution in [0.15, 0.2) is 24.4 Å². The zero-order valence-electron chi connectivity index (χ0n) is 15.0. The number of nitrogens with one attached hydrogen (secondary N) is 3. The summed E-state index contributed by atoms with van der Waals surface area (Å²) in [4.78, 5) is 27.4. The van der Waals surface area contributed by atoms with E-state index < -0.39 is 0 Å². The molecule has 0 radical (unpaired) electrons. The lowest BCUT2D eigenvalue weighted by atomic mass is 10.2. The molecular weight excluding hydrogens is 330 g/mol. The Morgan fingerprint density at radius 1 is 1.23 bits per heavy atom. The average Bonchev–Trinajstić information content (AvgIpc) is 2.98. The second-order valence-corrected chi connectivity index (χ2v) is 6.87. The number of aromatic nitrogens is 3. The first-order valence-electron chi connectivity index (χ1n) is 8.92. The van der Waals surface area contributed by atoms with Crippen molar-refractivity contribution in [3.63, 3.8) is 0 Å². The summed E-state index contributed by atoms with van der Waals surface area (Å²) >= 11 is 0. The van der Waals surface area contributed by atoms with E-state index in [9.17, 15) is 4.79 Å². The van der Waals surface area contributed by atoms with E-state index in [-0.39, 0.29) is 5.91 Å². The first kappa shape index (κ1) is 16.7. The molecule has 2 saturated heterocycles. The fourth-order valence-electron chi connectivity index (χ4n) is 3.68. The van der Waals surface area contributed by atoms with Gasteiger partial charge < -0.3 is 20.9 Å². The summed E-state index contributed by atoms with van der Waals surface area (Å²) in [6.45, 7) is 3.80. The molecule has 0 saturated carbocycles. The van der Waals surface area contributed by atoms with Crippen LogP contribution in [0, 0.1) is 6.92 Å². The fraction of sp³-hybridized carbons (Fsp3) is 0.444. The fourth-order valence-corrected chi connectivity index (χ4v) is 3.68. The predicted octanol–water partition coefficient (Wildman–Crippen LogP) is 1.22. The van der Waals surface area contributed by atoms with Crippen molar-refractivity contribution in [3.05, 3.63) is 35.8 Å². The van der Waals surface area contributed by atoms with E-state index in [4.69, 9.17) is 0 Å². The van der Waals surface area contributed by atoms with Crippen LogP contribution in [-0.2, 0) is 0 Å². The Kier molecular flexibility index (Phi) is 4.42. The molecule has 1 amide bonds. The maximum absolute atomic E-state index is 11.9. The Hall–Kier alpha value is -2.74. The van der Waals surface area contributed by atoms with Crippen LogP contribution in [0.2, 0.25) is 0 Å². The van der Waals surface area contributed by atoms with Crippen LogP contribution in [0.5, 0.6) is 0 Å². The molecule has 0 unspecified atom stereocenters. The maximum atomic E-state index is 11.9. The van der Waals surface area contributed by atoms with Gasteiger partial charge in [0.15, 0.2) is 0 Å². The summed E-state index contributed by atoms with van der Waals surface area (Å²) in [7, 11) is 1.59. The van der Waals surface area contributed by atoms with Crippen molar-refractivity contribution in [2.45, 2.75) is 31.8 Å². The van der Waals surface area contributed by atoms with Gasteiger partial charge in [-0.05, 0) is 38.0 Å². The third-order valence-electron chi connectivity index (χ3n) is 4.85. The van der Waals surface area contributed by atoms with Gasteiger partial charge in [-0.1, -0.05) is 0 Å². The number of amides is 1. The molecule has 2 aromatic heterocycles. The van der Waals surface area contributed by atoms with E-state index in [1.807, 2.05) is 19.1 Å². The van der Waals surface area contributed by atoms with E-state index >= 15 is 0 Å². The lowest BCUT2D eigenvalue weighted by molar-refractivity contribution is 0.0958. The zero-order chi connectivity index (χ0) is 18.1. The van der Waals surface area contributed by atoms with Crippen LogP contribution in [0.1, 0.15) is 29.0 Å². The molecular formula is C18H23N7O. The molecule has 2 fully saturated rings. The number of pyridine rings is 1. The van der Waals surface area contributed by atoms with Gasteiger partial charge in [0.2, 0.25) is 5.95 Å². The maximum Gasteiger partial charge on any atom is 0.269 e. The molecule has 2 bridgehead atoms. The Bertz CT molecular complexity index is 813. The summed E-state index contributed by atoms with van der Waals surface area (Å²) in [5.74, 6) is 1.22. The summed E-state index contributed by atoms with van der Waals surface area (Å²) in [6.07, 6.45) is 4.23. The highest BCUT2D eigenvalue weighted by molar-refractivity contribution is 5.93. The monoisotopic (exact) mass is 353 g/mol. The standard InChI is InChI=1S/C18H23N7O/c1-11-7-14(8-15(21-11)17(26)19-2)23-18-20-6-5-16(24-18)25-9-12-3-4-13(10-25)22-12/h5-8,12-13,22H,3-4,9-10H2,1-2H3,(H,19,26)(H,20,21,23,24)/t12-,13+. The van der Waals surface area contributed by atoms with Crippen molar-refractivity contribution >= 4 is 23.4 Å². The van der Waals surface area contributed by atoms with Crippen LogP contribution in [-0.4, -0.2) is 53.1 Å². The minimum atomic E-state index is -0.220. The molecule has 4 rings (SSSR count). The summed E-state index contributed by atoms with van der Waals surface area (Å²) in [5.41, 5.74) is 1.86. The molecule has 2 aromatic rings. The zero-order valence-corrected chi connectivity index (χ0v) is 15.0. The molecule has 0 aromatic carbocycles. The minimum absolute atomic E-state index is 0.220. The molecule has 26 heavy (non-hydrogen) atoms. The SMILES string of the molecule is CNC(=O)c1cc(Nc2nccc(N3C[C@H]4CC[C@@H](C3)N4)n2)cc(C)n1. The number of carbonyl (C=O) groups is 1. The molecule has 0 aliphatic carbocycles. The van der Waals surface area contributed by atoms with Gasteiger partial charge in [0.05, 0.1) is 0 Å². The van der Waals surface area contributed by atoms with Crippen LogP contribution >= 0.6 is 0 Å². The molecule has 3 N–H and O–H groups in total. The van der Waals surface area contributed by atoms with Crippen molar-refractivity contribution in [3.8, 4) is 0 Å². The number of hydrogen-bond acceptors (Lipinski definition) is 7. The van der Waals surface area contributed by atoms with Gasteiger partial charge in [-0.15, -0.1) is 0 Å². The van der Waals surface area contributed by atoms with Crippen LogP contribution in [0.25, 0.3) is 0 Å². The van der Waals surface area contributed by atoms with Crippen molar-refractivity contribution in [2.75, 3.05) is 30.4 Å². The number of nitrogens with zero attached hydrogens (tertiary/aromatic N) is 4. The van der Waals surface area contributed by atoms with Crippen LogP contribution in [0.4, 0.5) is 17.5 Å². The van der Waals surface area contributed by atoms with Gasteiger partial charge in [-0.3, -0.25) is 4.79 Å². The van der Waals surface area contributed by atoms with Gasteiger partial charge in [0, 0.05) is 49.8 Å². The van der Waals surface area contributed by atoms with E-state index in [0.717, 1.165) is 30.3 Å². The second kappa shape index (κ2) is 6.87. The van der Waals surface area contributed by atoms with Crippen LogP contribution < -0.4 is 20.9 Å². The molecule has 2 aliphatic rings. The third kappa shape index (κ3) is 3.45. The highest BCUT2D eigenvalue weighted by Crippen LogP contribution is 2.25. The Morgan fingerprint density at radius 3 is 2.73 bits per heavy atom. The number of hydrogen-bond donors (Lipinski definition) is 3. The number of piperazine rings is 1. The average molecular weight is 353 g/mol. The molecule has 0 spiro atoms. The molecule has 136 valence electrons. The lowest BCUT2D eigenvalue weighted by Crippen LogP contribution is -2.51. The second-order valence-electron chi connectivity index (χ2n) is 6.87.